The molecule has 2 amide bonds. The Bertz CT molecular complexity index is 555. The largest absolute Gasteiger partial charge is 0.378 e. The lowest BCUT2D eigenvalue weighted by Gasteiger charge is -2.28. The molecular weight excluding hydrogens is 284 g/mol. The van der Waals surface area contributed by atoms with Gasteiger partial charge in [0.1, 0.15) is 6.10 Å². The maximum atomic E-state index is 12.0. The molecule has 6 nitrogen and oxygen atoms in total. The zero-order valence-electron chi connectivity index (χ0n) is 12.4. The molecule has 0 aliphatic carbocycles. The lowest BCUT2D eigenvalue weighted by atomic mass is 9.97. The molecule has 1 saturated heterocycles. The molecule has 1 aromatic rings. The molecule has 22 heavy (non-hydrogen) atoms. The van der Waals surface area contributed by atoms with Gasteiger partial charge in [0.2, 0.25) is 0 Å². The molecule has 118 valence electrons. The van der Waals surface area contributed by atoms with Crippen molar-refractivity contribution in [3.05, 3.63) is 35.4 Å². The highest BCUT2D eigenvalue weighted by molar-refractivity contribution is 6.35. The molecule has 0 bridgehead atoms. The van der Waals surface area contributed by atoms with Crippen molar-refractivity contribution in [3.8, 4) is 0 Å². The summed E-state index contributed by atoms with van der Waals surface area (Å²) in [5, 5.41) is 2.69. The highest BCUT2D eigenvalue weighted by atomic mass is 16.5. The Hall–Kier alpha value is -1.92. The summed E-state index contributed by atoms with van der Waals surface area (Å²) >= 11 is 0. The molecule has 6 heteroatoms. The Balaban J connectivity index is 1.56. The van der Waals surface area contributed by atoms with E-state index >= 15 is 0 Å². The number of hydrogen-bond donors (Lipinski definition) is 1. The molecular formula is C16H20N2O4. The third-order valence-corrected chi connectivity index (χ3v) is 4.03. The van der Waals surface area contributed by atoms with Crippen LogP contribution in [0, 0.1) is 0 Å². The van der Waals surface area contributed by atoms with Gasteiger partial charge in [-0.2, -0.15) is 0 Å². The average Bonchev–Trinajstić information content (AvgIpc) is 2.59. The molecule has 2 aliphatic heterocycles. The van der Waals surface area contributed by atoms with Gasteiger partial charge in [0, 0.05) is 19.6 Å². The van der Waals surface area contributed by atoms with Crippen LogP contribution in [0.15, 0.2) is 24.3 Å². The summed E-state index contributed by atoms with van der Waals surface area (Å²) in [7, 11) is 0. The first-order valence-corrected chi connectivity index (χ1v) is 7.60. The molecule has 1 unspecified atom stereocenters. The van der Waals surface area contributed by atoms with Crippen LogP contribution in [0.25, 0.3) is 0 Å². The molecule has 3 rings (SSSR count). The quantitative estimate of drug-likeness (QED) is 0.797. The van der Waals surface area contributed by atoms with Crippen molar-refractivity contribution in [1.82, 2.24) is 10.2 Å². The summed E-state index contributed by atoms with van der Waals surface area (Å²) in [6, 6.07) is 8.05. The molecule has 1 N–H and O–H groups in total. The van der Waals surface area contributed by atoms with E-state index in [0.717, 1.165) is 12.0 Å². The second-order valence-corrected chi connectivity index (χ2v) is 5.42. The number of nitrogens with one attached hydrogen (secondary N) is 1. The van der Waals surface area contributed by atoms with Crippen LogP contribution in [0.3, 0.4) is 0 Å². The van der Waals surface area contributed by atoms with Gasteiger partial charge in [-0.3, -0.25) is 9.59 Å². The van der Waals surface area contributed by atoms with Crippen LogP contribution in [0.5, 0.6) is 0 Å². The number of carbonyl (C=O) groups excluding carboxylic acids is 2. The van der Waals surface area contributed by atoms with Gasteiger partial charge in [-0.15, -0.1) is 0 Å². The van der Waals surface area contributed by atoms with Crippen molar-refractivity contribution in [2.45, 2.75) is 12.5 Å². The van der Waals surface area contributed by atoms with E-state index < -0.39 is 11.8 Å². The van der Waals surface area contributed by atoms with Crippen molar-refractivity contribution >= 4 is 11.8 Å². The number of benzene rings is 1. The van der Waals surface area contributed by atoms with Crippen LogP contribution in [-0.2, 0) is 25.5 Å². The van der Waals surface area contributed by atoms with Crippen molar-refractivity contribution < 1.29 is 19.1 Å². The first-order valence-electron chi connectivity index (χ1n) is 7.60. The summed E-state index contributed by atoms with van der Waals surface area (Å²) in [4.78, 5) is 25.6. The Morgan fingerprint density at radius 1 is 1.18 bits per heavy atom. The zero-order valence-corrected chi connectivity index (χ0v) is 12.4. The Kier molecular flexibility index (Phi) is 4.70. The average molecular weight is 304 g/mol. The summed E-state index contributed by atoms with van der Waals surface area (Å²) in [6.45, 7) is 2.85. The second-order valence-electron chi connectivity index (χ2n) is 5.42. The van der Waals surface area contributed by atoms with E-state index in [-0.39, 0.29) is 6.10 Å². The third kappa shape index (κ3) is 3.28. The maximum Gasteiger partial charge on any atom is 0.312 e. The van der Waals surface area contributed by atoms with Gasteiger partial charge >= 0.3 is 11.8 Å². The second kappa shape index (κ2) is 6.89. The topological polar surface area (TPSA) is 67.9 Å². The van der Waals surface area contributed by atoms with E-state index in [2.05, 4.69) is 11.4 Å². The Morgan fingerprint density at radius 3 is 2.77 bits per heavy atom. The molecule has 2 heterocycles. The SMILES string of the molecule is O=C(NCC1OCCc2ccccc21)C(=O)N1CCOCC1. The Labute approximate surface area is 129 Å². The van der Waals surface area contributed by atoms with Gasteiger partial charge in [-0.25, -0.2) is 0 Å². The minimum atomic E-state index is -0.575. The molecule has 1 aromatic carbocycles. The number of hydrogen-bond acceptors (Lipinski definition) is 4. The van der Waals surface area contributed by atoms with Gasteiger partial charge < -0.3 is 19.7 Å². The first kappa shape index (κ1) is 15.0. The normalized spacial score (nSPS) is 21.1. The number of nitrogens with zero attached hydrogens (tertiary/aromatic N) is 1. The third-order valence-electron chi connectivity index (χ3n) is 4.03. The fourth-order valence-corrected chi connectivity index (χ4v) is 2.82. The molecule has 2 aliphatic rings. The van der Waals surface area contributed by atoms with E-state index in [1.54, 1.807) is 0 Å². The number of amides is 2. The maximum absolute atomic E-state index is 12.0. The molecule has 0 spiro atoms. The van der Waals surface area contributed by atoms with Crippen LogP contribution in [0.2, 0.25) is 0 Å². The van der Waals surface area contributed by atoms with E-state index in [1.165, 1.54) is 10.5 Å². The van der Waals surface area contributed by atoms with Gasteiger partial charge in [0.25, 0.3) is 0 Å². The predicted octanol–water partition coefficient (Wildman–Crippen LogP) is 0.275. The first-order chi connectivity index (χ1) is 10.8. The lowest BCUT2D eigenvalue weighted by molar-refractivity contribution is -0.148. The fraction of sp³-hybridized carbons (Fsp3) is 0.500. The smallest absolute Gasteiger partial charge is 0.312 e. The van der Waals surface area contributed by atoms with Gasteiger partial charge in [-0.05, 0) is 17.5 Å². The van der Waals surface area contributed by atoms with Crippen LogP contribution in [-0.4, -0.2) is 56.2 Å². The number of carbonyl (C=O) groups is 2. The van der Waals surface area contributed by atoms with Gasteiger partial charge in [0.05, 0.1) is 19.8 Å². The molecule has 0 saturated carbocycles. The number of ether oxygens (including phenoxy) is 2. The summed E-state index contributed by atoms with van der Waals surface area (Å²) in [5.41, 5.74) is 2.33. The zero-order chi connectivity index (χ0) is 15.4. The van der Waals surface area contributed by atoms with E-state index in [9.17, 15) is 9.59 Å². The van der Waals surface area contributed by atoms with Crippen molar-refractivity contribution in [1.29, 1.82) is 0 Å². The van der Waals surface area contributed by atoms with E-state index in [4.69, 9.17) is 9.47 Å². The summed E-state index contributed by atoms with van der Waals surface area (Å²) in [6.07, 6.45) is 0.694. The van der Waals surface area contributed by atoms with Gasteiger partial charge in [-0.1, -0.05) is 24.3 Å². The highest BCUT2D eigenvalue weighted by Crippen LogP contribution is 2.26. The lowest BCUT2D eigenvalue weighted by Crippen LogP contribution is -2.48. The molecule has 0 aromatic heterocycles. The predicted molar refractivity (Wildman–Crippen MR) is 79.2 cm³/mol. The number of rotatable bonds is 2. The Morgan fingerprint density at radius 2 is 1.95 bits per heavy atom. The minimum absolute atomic E-state index is 0.189. The van der Waals surface area contributed by atoms with Crippen molar-refractivity contribution in [2.75, 3.05) is 39.5 Å². The van der Waals surface area contributed by atoms with E-state index in [0.29, 0.717) is 39.5 Å². The van der Waals surface area contributed by atoms with Gasteiger partial charge in [0.15, 0.2) is 0 Å². The number of morpholine rings is 1. The fourth-order valence-electron chi connectivity index (χ4n) is 2.82. The summed E-state index contributed by atoms with van der Waals surface area (Å²) < 4.78 is 10.9. The molecule has 1 fully saturated rings. The van der Waals surface area contributed by atoms with Crippen LogP contribution >= 0.6 is 0 Å². The van der Waals surface area contributed by atoms with Crippen LogP contribution in [0.1, 0.15) is 17.2 Å². The van der Waals surface area contributed by atoms with E-state index in [1.807, 2.05) is 18.2 Å². The van der Waals surface area contributed by atoms with Crippen LogP contribution < -0.4 is 5.32 Å². The van der Waals surface area contributed by atoms with Crippen molar-refractivity contribution in [3.63, 3.8) is 0 Å². The molecule has 0 radical (unpaired) electrons. The standard InChI is InChI=1S/C16H20N2O4/c19-15(16(20)18-6-9-21-10-7-18)17-11-14-13-4-2-1-3-12(13)5-8-22-14/h1-4,14H,5-11H2,(H,17,19). The summed E-state index contributed by atoms with van der Waals surface area (Å²) in [5.74, 6) is -1.07. The highest BCUT2D eigenvalue weighted by Gasteiger charge is 2.26. The van der Waals surface area contributed by atoms with Crippen molar-refractivity contribution in [2.24, 2.45) is 0 Å². The monoisotopic (exact) mass is 304 g/mol. The number of fused-ring (bicyclic) bond motifs is 1. The van der Waals surface area contributed by atoms with Crippen LogP contribution in [0.4, 0.5) is 0 Å². The minimum Gasteiger partial charge on any atom is -0.378 e. The molecule has 1 atom stereocenters.